The lowest BCUT2D eigenvalue weighted by Gasteiger charge is -2.08. The van der Waals surface area contributed by atoms with Gasteiger partial charge in [0.15, 0.2) is 0 Å². The van der Waals surface area contributed by atoms with Crippen molar-refractivity contribution in [2.24, 2.45) is 0 Å². The van der Waals surface area contributed by atoms with Crippen molar-refractivity contribution >= 4 is 22.8 Å². The number of hydrogen-bond acceptors (Lipinski definition) is 3. The van der Waals surface area contributed by atoms with Gasteiger partial charge in [0.1, 0.15) is 6.04 Å². The number of amides is 1. The van der Waals surface area contributed by atoms with E-state index < -0.39 is 6.04 Å². The summed E-state index contributed by atoms with van der Waals surface area (Å²) in [6.45, 7) is 0.402. The number of benzene rings is 1. The first kappa shape index (κ1) is 13.7. The van der Waals surface area contributed by atoms with Gasteiger partial charge >= 0.3 is 5.97 Å². The smallest absolute Gasteiger partial charge is 0.328 e. The number of H-pyrrole nitrogens is 1. The van der Waals surface area contributed by atoms with E-state index in [0.29, 0.717) is 19.4 Å². The number of esters is 1. The molecule has 0 saturated carbocycles. The zero-order valence-corrected chi connectivity index (χ0v) is 11.7. The zero-order valence-electron chi connectivity index (χ0n) is 11.7. The minimum Gasteiger partial charge on any atom is -0.464 e. The number of hydrogen-bond donors (Lipinski definition) is 2. The van der Waals surface area contributed by atoms with Gasteiger partial charge in [0.2, 0.25) is 5.91 Å². The Morgan fingerprint density at radius 1 is 1.38 bits per heavy atom. The molecule has 1 aliphatic heterocycles. The second kappa shape index (κ2) is 5.99. The van der Waals surface area contributed by atoms with Gasteiger partial charge in [-0.05, 0) is 30.4 Å². The quantitative estimate of drug-likeness (QED) is 0.825. The van der Waals surface area contributed by atoms with E-state index in [9.17, 15) is 9.59 Å². The molecule has 1 aromatic carbocycles. The molecule has 0 spiro atoms. The summed E-state index contributed by atoms with van der Waals surface area (Å²) in [4.78, 5) is 26.4. The number of para-hydroxylation sites is 1. The number of rotatable bonds is 5. The number of aryl methyl sites for hydroxylation is 1. The first-order valence-corrected chi connectivity index (χ1v) is 7.25. The van der Waals surface area contributed by atoms with Crippen LogP contribution in [0.1, 0.15) is 25.0 Å². The van der Waals surface area contributed by atoms with Crippen LogP contribution in [0.2, 0.25) is 0 Å². The highest BCUT2D eigenvalue weighted by atomic mass is 16.5. The van der Waals surface area contributed by atoms with E-state index in [0.717, 1.165) is 24.1 Å². The van der Waals surface area contributed by atoms with E-state index in [1.165, 1.54) is 5.39 Å². The van der Waals surface area contributed by atoms with Crippen molar-refractivity contribution in [2.45, 2.75) is 31.7 Å². The van der Waals surface area contributed by atoms with E-state index >= 15 is 0 Å². The summed E-state index contributed by atoms with van der Waals surface area (Å²) in [6, 6.07) is 9.77. The number of aromatic nitrogens is 1. The lowest BCUT2D eigenvalue weighted by Crippen LogP contribution is -2.37. The molecule has 1 aromatic heterocycles. The lowest BCUT2D eigenvalue weighted by molar-refractivity contribution is -0.141. The third-order valence-corrected chi connectivity index (χ3v) is 3.71. The Bertz CT molecular complexity index is 629. The van der Waals surface area contributed by atoms with Crippen LogP contribution >= 0.6 is 0 Å². The maximum atomic E-state index is 11.8. The van der Waals surface area contributed by atoms with Crippen molar-refractivity contribution < 1.29 is 14.3 Å². The van der Waals surface area contributed by atoms with Gasteiger partial charge in [-0.2, -0.15) is 0 Å². The highest BCUT2D eigenvalue weighted by molar-refractivity contribution is 5.85. The predicted octanol–water partition coefficient (Wildman–Crippen LogP) is 1.92. The topological polar surface area (TPSA) is 71.2 Å². The van der Waals surface area contributed by atoms with Gasteiger partial charge in [-0.25, -0.2) is 4.79 Å². The fourth-order valence-corrected chi connectivity index (χ4v) is 2.60. The van der Waals surface area contributed by atoms with E-state index in [4.69, 9.17) is 4.74 Å². The van der Waals surface area contributed by atoms with Crippen LogP contribution in [0.15, 0.2) is 30.3 Å². The molecule has 5 heteroatoms. The molecule has 0 bridgehead atoms. The molecular formula is C16H18N2O3. The van der Waals surface area contributed by atoms with Gasteiger partial charge < -0.3 is 15.0 Å². The average Bonchev–Trinajstić information content (AvgIpc) is 3.05. The summed E-state index contributed by atoms with van der Waals surface area (Å²) < 4.78 is 4.82. The molecule has 0 aliphatic carbocycles. The minimum absolute atomic E-state index is 0.0880. The Labute approximate surface area is 122 Å². The van der Waals surface area contributed by atoms with E-state index in [-0.39, 0.29) is 11.9 Å². The van der Waals surface area contributed by atoms with E-state index in [1.54, 1.807) is 0 Å². The van der Waals surface area contributed by atoms with Gasteiger partial charge in [0.25, 0.3) is 0 Å². The summed E-state index contributed by atoms with van der Waals surface area (Å²) in [5, 5.41) is 3.90. The summed E-state index contributed by atoms with van der Waals surface area (Å²) in [7, 11) is 0. The molecule has 1 saturated heterocycles. The van der Waals surface area contributed by atoms with E-state index in [2.05, 4.69) is 22.4 Å². The SMILES string of the molecule is O=C(CCCc1cc2ccccc2[nH]1)N[C@H]1CCOC1=O. The lowest BCUT2D eigenvalue weighted by atomic mass is 10.1. The highest BCUT2D eigenvalue weighted by Gasteiger charge is 2.27. The molecule has 0 unspecified atom stereocenters. The standard InChI is InChI=1S/C16H18N2O3/c19-15(18-14-8-9-21-16(14)20)7-3-5-12-10-11-4-1-2-6-13(11)17-12/h1-2,4,6,10,14,17H,3,5,7-9H2,(H,18,19)/t14-/m0/s1. The molecule has 2 heterocycles. The molecule has 21 heavy (non-hydrogen) atoms. The maximum Gasteiger partial charge on any atom is 0.328 e. The molecule has 3 rings (SSSR count). The Balaban J connectivity index is 1.47. The van der Waals surface area contributed by atoms with Crippen molar-refractivity contribution in [1.82, 2.24) is 10.3 Å². The molecule has 110 valence electrons. The Morgan fingerprint density at radius 3 is 3.00 bits per heavy atom. The van der Waals surface area contributed by atoms with E-state index in [1.807, 2.05) is 18.2 Å². The van der Waals surface area contributed by atoms with Crippen LogP contribution in [0, 0.1) is 0 Å². The first-order chi connectivity index (χ1) is 10.2. The Morgan fingerprint density at radius 2 is 2.24 bits per heavy atom. The van der Waals surface area contributed by atoms with Crippen molar-refractivity contribution in [3.05, 3.63) is 36.0 Å². The molecule has 2 aromatic rings. The molecular weight excluding hydrogens is 268 g/mol. The van der Waals surface area contributed by atoms with Crippen LogP contribution < -0.4 is 5.32 Å². The van der Waals surface area contributed by atoms with Crippen LogP contribution in [-0.2, 0) is 20.7 Å². The number of nitrogens with one attached hydrogen (secondary N) is 2. The van der Waals surface area contributed by atoms with Gasteiger partial charge in [-0.1, -0.05) is 18.2 Å². The molecule has 1 atom stereocenters. The Hall–Kier alpha value is -2.30. The predicted molar refractivity (Wildman–Crippen MR) is 78.7 cm³/mol. The van der Waals surface area contributed by atoms with Gasteiger partial charge in [0.05, 0.1) is 6.61 Å². The summed E-state index contributed by atoms with van der Waals surface area (Å²) in [5.74, 6) is -0.408. The number of aromatic amines is 1. The number of fused-ring (bicyclic) bond motifs is 1. The number of cyclic esters (lactones) is 1. The highest BCUT2D eigenvalue weighted by Crippen LogP contribution is 2.16. The van der Waals surface area contributed by atoms with Gasteiger partial charge in [-0.3, -0.25) is 4.79 Å². The normalized spacial score (nSPS) is 17.9. The number of ether oxygens (including phenoxy) is 1. The van der Waals surface area contributed by atoms with Crippen molar-refractivity contribution in [3.8, 4) is 0 Å². The van der Waals surface area contributed by atoms with Crippen molar-refractivity contribution in [1.29, 1.82) is 0 Å². The minimum atomic E-state index is -0.453. The third-order valence-electron chi connectivity index (χ3n) is 3.71. The van der Waals surface area contributed by atoms with Gasteiger partial charge in [-0.15, -0.1) is 0 Å². The first-order valence-electron chi connectivity index (χ1n) is 7.25. The second-order valence-corrected chi connectivity index (χ2v) is 5.31. The van der Waals surface area contributed by atoms with Crippen LogP contribution in [-0.4, -0.2) is 29.5 Å². The van der Waals surface area contributed by atoms with Crippen LogP contribution in [0.5, 0.6) is 0 Å². The second-order valence-electron chi connectivity index (χ2n) is 5.31. The molecule has 5 nitrogen and oxygen atoms in total. The van der Waals surface area contributed by atoms with Crippen molar-refractivity contribution in [3.63, 3.8) is 0 Å². The summed E-state index contributed by atoms with van der Waals surface area (Å²) in [6.07, 6.45) is 2.56. The average molecular weight is 286 g/mol. The molecule has 2 N–H and O–H groups in total. The number of carbonyl (C=O) groups is 2. The fourth-order valence-electron chi connectivity index (χ4n) is 2.60. The summed E-state index contributed by atoms with van der Waals surface area (Å²) >= 11 is 0. The van der Waals surface area contributed by atoms with Crippen molar-refractivity contribution in [2.75, 3.05) is 6.61 Å². The molecule has 0 radical (unpaired) electrons. The van der Waals surface area contributed by atoms with Crippen LogP contribution in [0.25, 0.3) is 10.9 Å². The summed E-state index contributed by atoms with van der Waals surface area (Å²) in [5.41, 5.74) is 2.25. The van der Waals surface area contributed by atoms with Crippen LogP contribution in [0.3, 0.4) is 0 Å². The molecule has 1 aliphatic rings. The zero-order chi connectivity index (χ0) is 14.7. The molecule has 1 fully saturated rings. The fraction of sp³-hybridized carbons (Fsp3) is 0.375. The largest absolute Gasteiger partial charge is 0.464 e. The Kier molecular flexibility index (Phi) is 3.90. The molecule has 1 amide bonds. The third kappa shape index (κ3) is 3.24. The number of carbonyl (C=O) groups excluding carboxylic acids is 2. The maximum absolute atomic E-state index is 11.8. The van der Waals surface area contributed by atoms with Gasteiger partial charge in [0, 0.05) is 24.1 Å². The van der Waals surface area contributed by atoms with Crippen LogP contribution in [0.4, 0.5) is 0 Å². The monoisotopic (exact) mass is 286 g/mol.